The minimum Gasteiger partial charge on any atom is -0.355 e. The van der Waals surface area contributed by atoms with Crippen molar-refractivity contribution in [3.8, 4) is 0 Å². The van der Waals surface area contributed by atoms with Crippen molar-refractivity contribution in [3.05, 3.63) is 70.6 Å². The molecule has 0 aliphatic heterocycles. The quantitative estimate of drug-likeness (QED) is 0.769. The molecule has 2 N–H and O–H groups in total. The highest BCUT2D eigenvalue weighted by atomic mass is 35.5. The zero-order chi connectivity index (χ0) is 14.8. The molecule has 4 nitrogen and oxygen atoms in total. The molecule has 0 fully saturated rings. The van der Waals surface area contributed by atoms with Crippen LogP contribution in [0.25, 0.3) is 11.0 Å². The first-order chi connectivity index (χ1) is 10.1. The van der Waals surface area contributed by atoms with Gasteiger partial charge in [0.05, 0.1) is 17.6 Å². The fraction of sp³-hybridized carbons (Fsp3) is 0.0625. The molecular formula is C16H14ClN3O. The fourth-order valence-electron chi connectivity index (χ4n) is 2.26. The highest BCUT2D eigenvalue weighted by Gasteiger charge is 2.07. The van der Waals surface area contributed by atoms with Crippen molar-refractivity contribution in [3.63, 3.8) is 0 Å². The van der Waals surface area contributed by atoms with Crippen LogP contribution in [0.4, 0.5) is 11.4 Å². The molecule has 3 rings (SSSR count). The lowest BCUT2D eigenvalue weighted by Gasteiger charge is -2.06. The maximum atomic E-state index is 11.9. The zero-order valence-electron chi connectivity index (χ0n) is 11.3. The molecule has 2 aromatic carbocycles. The Morgan fingerprint density at radius 2 is 1.95 bits per heavy atom. The largest absolute Gasteiger partial charge is 0.355 e. The normalized spacial score (nSPS) is 10.7. The Morgan fingerprint density at radius 3 is 2.67 bits per heavy atom. The number of aromatic amines is 1. The molecule has 0 aliphatic rings. The number of nitrogens with zero attached hydrogens (tertiary/aromatic N) is 1. The van der Waals surface area contributed by atoms with E-state index in [2.05, 4.69) is 16.9 Å². The number of hydrogen-bond acceptors (Lipinski definition) is 2. The number of imidazole rings is 1. The molecule has 106 valence electrons. The fourth-order valence-corrected chi connectivity index (χ4v) is 2.38. The summed E-state index contributed by atoms with van der Waals surface area (Å²) in [4.78, 5) is 14.8. The summed E-state index contributed by atoms with van der Waals surface area (Å²) in [7, 11) is 0. The lowest BCUT2D eigenvalue weighted by molar-refractivity contribution is 0.800. The molecule has 1 aromatic heterocycles. The molecule has 0 aliphatic carbocycles. The third-order valence-corrected chi connectivity index (χ3v) is 3.29. The monoisotopic (exact) mass is 299 g/mol. The third-order valence-electron chi connectivity index (χ3n) is 3.17. The van der Waals surface area contributed by atoms with E-state index in [9.17, 15) is 4.79 Å². The summed E-state index contributed by atoms with van der Waals surface area (Å²) < 4.78 is 1.57. The molecule has 0 atom stereocenters. The minimum atomic E-state index is -0.191. The van der Waals surface area contributed by atoms with Gasteiger partial charge in [0.1, 0.15) is 0 Å². The number of fused-ring (bicyclic) bond motifs is 1. The molecule has 1 heterocycles. The van der Waals surface area contributed by atoms with Crippen LogP contribution in [-0.4, -0.2) is 9.55 Å². The smallest absolute Gasteiger partial charge is 0.326 e. The maximum absolute atomic E-state index is 11.9. The number of aromatic nitrogens is 2. The van der Waals surface area contributed by atoms with Gasteiger partial charge in [0.15, 0.2) is 0 Å². The van der Waals surface area contributed by atoms with E-state index in [1.54, 1.807) is 4.57 Å². The van der Waals surface area contributed by atoms with Gasteiger partial charge in [0, 0.05) is 16.4 Å². The van der Waals surface area contributed by atoms with Crippen molar-refractivity contribution in [1.82, 2.24) is 9.55 Å². The summed E-state index contributed by atoms with van der Waals surface area (Å²) in [6.07, 6.45) is 0. The molecule has 3 aromatic rings. The van der Waals surface area contributed by atoms with Crippen LogP contribution >= 0.6 is 11.6 Å². The Kier molecular flexibility index (Phi) is 3.54. The van der Waals surface area contributed by atoms with Crippen molar-refractivity contribution in [2.75, 3.05) is 5.32 Å². The summed E-state index contributed by atoms with van der Waals surface area (Å²) in [5.41, 5.74) is 3.28. The van der Waals surface area contributed by atoms with Crippen molar-refractivity contribution >= 4 is 34.0 Å². The highest BCUT2D eigenvalue weighted by molar-refractivity contribution is 6.29. The van der Waals surface area contributed by atoms with Gasteiger partial charge in [-0.25, -0.2) is 4.79 Å². The van der Waals surface area contributed by atoms with Gasteiger partial charge in [0.25, 0.3) is 0 Å². The molecule has 5 heteroatoms. The second-order valence-corrected chi connectivity index (χ2v) is 5.29. The van der Waals surface area contributed by atoms with Crippen molar-refractivity contribution in [2.24, 2.45) is 0 Å². The van der Waals surface area contributed by atoms with Crippen LogP contribution in [0.3, 0.4) is 0 Å². The van der Waals surface area contributed by atoms with E-state index in [-0.39, 0.29) is 5.69 Å². The summed E-state index contributed by atoms with van der Waals surface area (Å²) >= 11 is 5.80. The third kappa shape index (κ3) is 2.85. The van der Waals surface area contributed by atoms with E-state index >= 15 is 0 Å². The second kappa shape index (κ2) is 5.50. The summed E-state index contributed by atoms with van der Waals surface area (Å²) in [5.74, 6) is 0. The van der Waals surface area contributed by atoms with Crippen LogP contribution < -0.4 is 11.0 Å². The Bertz CT molecular complexity index is 849. The summed E-state index contributed by atoms with van der Waals surface area (Å²) in [5, 5.41) is 3.71. The van der Waals surface area contributed by atoms with Gasteiger partial charge in [-0.15, -0.1) is 0 Å². The Hall–Kier alpha value is -2.46. The number of anilines is 2. The Labute approximate surface area is 126 Å². The van der Waals surface area contributed by atoms with Crippen LogP contribution in [0, 0.1) is 0 Å². The van der Waals surface area contributed by atoms with Crippen LogP contribution in [-0.2, 0) is 6.54 Å². The molecular weight excluding hydrogens is 286 g/mol. The number of hydrogen-bond donors (Lipinski definition) is 2. The first kappa shape index (κ1) is 13.5. The van der Waals surface area contributed by atoms with Crippen molar-refractivity contribution in [1.29, 1.82) is 0 Å². The number of benzene rings is 2. The van der Waals surface area contributed by atoms with E-state index in [0.29, 0.717) is 11.6 Å². The average Bonchev–Trinajstić information content (AvgIpc) is 2.75. The van der Waals surface area contributed by atoms with Gasteiger partial charge in [-0.05, 0) is 30.3 Å². The van der Waals surface area contributed by atoms with Crippen LogP contribution in [0.2, 0.25) is 0 Å². The van der Waals surface area contributed by atoms with E-state index in [4.69, 9.17) is 11.6 Å². The van der Waals surface area contributed by atoms with Gasteiger partial charge in [-0.1, -0.05) is 36.4 Å². The van der Waals surface area contributed by atoms with Gasteiger partial charge >= 0.3 is 5.69 Å². The molecule has 0 saturated carbocycles. The SMILES string of the molecule is C=C(Cl)Cn1c(=O)[nH]c2cc(Nc3ccccc3)ccc21. The number of rotatable bonds is 4. The minimum absolute atomic E-state index is 0.191. The van der Waals surface area contributed by atoms with Gasteiger partial charge in [-0.2, -0.15) is 0 Å². The predicted octanol–water partition coefficient (Wildman–Crippen LogP) is 3.83. The van der Waals surface area contributed by atoms with Gasteiger partial charge < -0.3 is 10.3 Å². The van der Waals surface area contributed by atoms with E-state index < -0.39 is 0 Å². The number of allylic oxidation sites excluding steroid dienone is 1. The number of H-pyrrole nitrogens is 1. The highest BCUT2D eigenvalue weighted by Crippen LogP contribution is 2.21. The van der Waals surface area contributed by atoms with E-state index in [1.807, 2.05) is 48.5 Å². The molecule has 0 bridgehead atoms. The van der Waals surface area contributed by atoms with Crippen LogP contribution in [0.1, 0.15) is 0 Å². The molecule has 0 spiro atoms. The summed E-state index contributed by atoms with van der Waals surface area (Å²) in [6, 6.07) is 15.6. The summed E-state index contributed by atoms with van der Waals surface area (Å²) in [6.45, 7) is 3.93. The topological polar surface area (TPSA) is 49.8 Å². The molecule has 0 radical (unpaired) electrons. The Morgan fingerprint density at radius 1 is 1.19 bits per heavy atom. The molecule has 0 amide bonds. The standard InChI is InChI=1S/C16H14ClN3O/c1-11(17)10-20-15-8-7-13(9-14(15)19-16(20)21)18-12-5-3-2-4-6-12/h2-9,18H,1,10H2,(H,19,21). The average molecular weight is 300 g/mol. The van der Waals surface area contributed by atoms with E-state index in [0.717, 1.165) is 22.4 Å². The molecule has 0 saturated heterocycles. The first-order valence-electron chi connectivity index (χ1n) is 6.51. The second-order valence-electron chi connectivity index (χ2n) is 4.76. The Balaban J connectivity index is 1.98. The molecule has 0 unspecified atom stereocenters. The lowest BCUT2D eigenvalue weighted by Crippen LogP contribution is -2.16. The number of halogens is 1. The first-order valence-corrected chi connectivity index (χ1v) is 6.89. The zero-order valence-corrected chi connectivity index (χ0v) is 12.0. The predicted molar refractivity (Wildman–Crippen MR) is 87.3 cm³/mol. The lowest BCUT2D eigenvalue weighted by atomic mass is 10.2. The van der Waals surface area contributed by atoms with Gasteiger partial charge in [-0.3, -0.25) is 4.57 Å². The molecule has 21 heavy (non-hydrogen) atoms. The van der Waals surface area contributed by atoms with Crippen molar-refractivity contribution < 1.29 is 0 Å². The maximum Gasteiger partial charge on any atom is 0.326 e. The van der Waals surface area contributed by atoms with E-state index in [1.165, 1.54) is 0 Å². The van der Waals surface area contributed by atoms with Crippen LogP contribution in [0.5, 0.6) is 0 Å². The van der Waals surface area contributed by atoms with Crippen LogP contribution in [0.15, 0.2) is 64.9 Å². The number of nitrogens with one attached hydrogen (secondary N) is 2. The van der Waals surface area contributed by atoms with Crippen molar-refractivity contribution in [2.45, 2.75) is 6.54 Å². The number of para-hydroxylation sites is 1. The van der Waals surface area contributed by atoms with Gasteiger partial charge in [0.2, 0.25) is 0 Å².